The van der Waals surface area contributed by atoms with Gasteiger partial charge in [-0.15, -0.1) is 0 Å². The Balaban J connectivity index is 1.50. The van der Waals surface area contributed by atoms with Crippen molar-refractivity contribution in [3.8, 4) is 0 Å². The maximum atomic E-state index is 12.7. The molecule has 0 unspecified atom stereocenters. The van der Waals surface area contributed by atoms with E-state index in [4.69, 9.17) is 27.9 Å². The third-order valence-corrected chi connectivity index (χ3v) is 7.76. The SMILES string of the molecule is Cc1cc(C(=O)COC(=O)c2cc(S(=O)(=O)NC3CC3)c(Cl)cc2Cl)c(C)n1C1CC1. The molecular weight excluding hydrogens is 463 g/mol. The number of aryl methyl sites for hydroxylation is 1. The number of hydrogen-bond acceptors (Lipinski definition) is 5. The first-order chi connectivity index (χ1) is 14.6. The minimum atomic E-state index is -3.90. The molecule has 2 saturated carbocycles. The van der Waals surface area contributed by atoms with Crippen LogP contribution in [0.25, 0.3) is 0 Å². The van der Waals surface area contributed by atoms with Gasteiger partial charge in [-0.05, 0) is 57.7 Å². The molecule has 0 aliphatic heterocycles. The van der Waals surface area contributed by atoms with Gasteiger partial charge in [0.15, 0.2) is 6.61 Å². The molecule has 7 nitrogen and oxygen atoms in total. The first-order valence-electron chi connectivity index (χ1n) is 9.98. The van der Waals surface area contributed by atoms with Crippen LogP contribution in [0, 0.1) is 13.8 Å². The summed E-state index contributed by atoms with van der Waals surface area (Å²) in [5.41, 5.74) is 2.19. The Kier molecular flexibility index (Phi) is 5.93. The van der Waals surface area contributed by atoms with Gasteiger partial charge in [0.1, 0.15) is 4.90 Å². The number of hydrogen-bond donors (Lipinski definition) is 1. The van der Waals surface area contributed by atoms with Crippen molar-refractivity contribution in [1.29, 1.82) is 0 Å². The average Bonchev–Trinajstić information content (AvgIpc) is 3.61. The highest BCUT2D eigenvalue weighted by molar-refractivity contribution is 7.89. The molecule has 0 amide bonds. The normalized spacial score (nSPS) is 16.4. The molecule has 2 aromatic rings. The van der Waals surface area contributed by atoms with Gasteiger partial charge in [-0.25, -0.2) is 17.9 Å². The van der Waals surface area contributed by atoms with Gasteiger partial charge < -0.3 is 9.30 Å². The molecule has 0 saturated heterocycles. The fraction of sp³-hybridized carbons (Fsp3) is 0.429. The van der Waals surface area contributed by atoms with Gasteiger partial charge in [-0.3, -0.25) is 4.79 Å². The smallest absolute Gasteiger partial charge is 0.340 e. The molecule has 0 atom stereocenters. The Bertz CT molecular complexity index is 1180. The average molecular weight is 485 g/mol. The van der Waals surface area contributed by atoms with E-state index in [1.54, 1.807) is 6.07 Å². The van der Waals surface area contributed by atoms with E-state index in [0.29, 0.717) is 11.6 Å². The number of ether oxygens (including phenoxy) is 1. The van der Waals surface area contributed by atoms with Crippen molar-refractivity contribution in [3.63, 3.8) is 0 Å². The third kappa shape index (κ3) is 4.67. The van der Waals surface area contributed by atoms with Crippen molar-refractivity contribution in [1.82, 2.24) is 9.29 Å². The van der Waals surface area contributed by atoms with Crippen LogP contribution in [0.5, 0.6) is 0 Å². The van der Waals surface area contributed by atoms with E-state index in [2.05, 4.69) is 9.29 Å². The van der Waals surface area contributed by atoms with Crippen LogP contribution in [0.15, 0.2) is 23.1 Å². The number of benzene rings is 1. The first-order valence-corrected chi connectivity index (χ1v) is 12.2. The summed E-state index contributed by atoms with van der Waals surface area (Å²) in [5, 5.41) is -0.155. The van der Waals surface area contributed by atoms with Crippen molar-refractivity contribution in [3.05, 3.63) is 50.8 Å². The number of carbonyl (C=O) groups excluding carboxylic acids is 2. The van der Waals surface area contributed by atoms with Gasteiger partial charge >= 0.3 is 5.97 Å². The second-order valence-corrected chi connectivity index (χ2v) is 10.5. The van der Waals surface area contributed by atoms with E-state index in [-0.39, 0.29) is 32.3 Å². The molecule has 1 N–H and O–H groups in total. The molecular formula is C21H22Cl2N2O5S. The van der Waals surface area contributed by atoms with E-state index in [0.717, 1.165) is 43.1 Å². The van der Waals surface area contributed by atoms with Crippen LogP contribution in [-0.4, -0.2) is 37.4 Å². The maximum absolute atomic E-state index is 12.7. The van der Waals surface area contributed by atoms with E-state index in [9.17, 15) is 18.0 Å². The molecule has 1 aromatic carbocycles. The van der Waals surface area contributed by atoms with Gasteiger partial charge in [-0.2, -0.15) is 0 Å². The fourth-order valence-corrected chi connectivity index (χ4v) is 5.77. The van der Waals surface area contributed by atoms with Crippen molar-refractivity contribution < 1.29 is 22.7 Å². The summed E-state index contributed by atoms with van der Waals surface area (Å²) < 4.78 is 34.9. The second kappa shape index (κ2) is 8.24. The fourth-order valence-electron chi connectivity index (χ4n) is 3.62. The summed E-state index contributed by atoms with van der Waals surface area (Å²) in [4.78, 5) is 25.0. The molecule has 2 aliphatic rings. The van der Waals surface area contributed by atoms with E-state index >= 15 is 0 Å². The first kappa shape index (κ1) is 22.3. The topological polar surface area (TPSA) is 94.5 Å². The lowest BCUT2D eigenvalue weighted by molar-refractivity contribution is 0.0474. The van der Waals surface area contributed by atoms with Gasteiger partial charge in [0, 0.05) is 29.0 Å². The predicted molar refractivity (Wildman–Crippen MR) is 117 cm³/mol. The van der Waals surface area contributed by atoms with Crippen LogP contribution in [0.2, 0.25) is 10.0 Å². The Labute approximate surface area is 190 Å². The van der Waals surface area contributed by atoms with Gasteiger partial charge in [0.05, 0.1) is 15.6 Å². The van der Waals surface area contributed by atoms with Crippen molar-refractivity contribution in [2.45, 2.75) is 56.5 Å². The Morgan fingerprint density at radius 1 is 1.06 bits per heavy atom. The summed E-state index contributed by atoms with van der Waals surface area (Å²) in [6, 6.07) is 4.38. The van der Waals surface area contributed by atoms with Crippen LogP contribution < -0.4 is 4.72 Å². The molecule has 0 spiro atoms. The predicted octanol–water partition coefficient (Wildman–Crippen LogP) is 4.23. The molecule has 1 heterocycles. The van der Waals surface area contributed by atoms with Crippen molar-refractivity contribution >= 4 is 45.0 Å². The minimum absolute atomic E-state index is 0.0558. The standard InChI is InChI=1S/C21H22Cl2N2O5S/c1-11-7-15(12(2)25(11)14-5-6-14)19(26)10-30-21(27)16-8-20(18(23)9-17(16)22)31(28,29)24-13-3-4-13/h7-9,13-14,24H,3-6,10H2,1-2H3. The zero-order valence-corrected chi connectivity index (χ0v) is 19.4. The lowest BCUT2D eigenvalue weighted by Gasteiger charge is -2.11. The van der Waals surface area contributed by atoms with Crippen LogP contribution in [0.4, 0.5) is 0 Å². The number of aromatic nitrogens is 1. The highest BCUT2D eigenvalue weighted by Gasteiger charge is 2.31. The summed E-state index contributed by atoms with van der Waals surface area (Å²) in [6.07, 6.45) is 3.69. The molecule has 2 aliphatic carbocycles. The number of nitrogens with zero attached hydrogens (tertiary/aromatic N) is 1. The van der Waals surface area contributed by atoms with Gasteiger partial charge in [0.2, 0.25) is 15.8 Å². The number of sulfonamides is 1. The van der Waals surface area contributed by atoms with Crippen molar-refractivity contribution in [2.24, 2.45) is 0 Å². The van der Waals surface area contributed by atoms with Gasteiger partial charge in [0.25, 0.3) is 0 Å². The highest BCUT2D eigenvalue weighted by Crippen LogP contribution is 2.38. The van der Waals surface area contributed by atoms with Crippen LogP contribution in [0.1, 0.15) is 63.8 Å². The summed E-state index contributed by atoms with van der Waals surface area (Å²) in [7, 11) is -3.90. The monoisotopic (exact) mass is 484 g/mol. The van der Waals surface area contributed by atoms with E-state index in [1.165, 1.54) is 6.07 Å². The van der Waals surface area contributed by atoms with Gasteiger partial charge in [-0.1, -0.05) is 23.2 Å². The van der Waals surface area contributed by atoms with Crippen LogP contribution in [0.3, 0.4) is 0 Å². The number of rotatable bonds is 8. The van der Waals surface area contributed by atoms with E-state index < -0.39 is 22.6 Å². The minimum Gasteiger partial charge on any atom is -0.454 e. The van der Waals surface area contributed by atoms with Crippen LogP contribution >= 0.6 is 23.2 Å². The molecule has 4 rings (SSSR count). The zero-order chi connectivity index (χ0) is 22.5. The Morgan fingerprint density at radius 2 is 1.74 bits per heavy atom. The second-order valence-electron chi connectivity index (χ2n) is 8.04. The number of carbonyl (C=O) groups is 2. The lowest BCUT2D eigenvalue weighted by Crippen LogP contribution is -2.26. The molecule has 0 bridgehead atoms. The number of ketones is 1. The molecule has 10 heteroatoms. The third-order valence-electron chi connectivity index (χ3n) is 5.46. The highest BCUT2D eigenvalue weighted by atomic mass is 35.5. The summed E-state index contributed by atoms with van der Waals surface area (Å²) in [5.74, 6) is -1.23. The number of Topliss-reactive ketones (excluding diaryl/α,β-unsaturated/α-hetero) is 1. The largest absolute Gasteiger partial charge is 0.454 e. The van der Waals surface area contributed by atoms with Crippen LogP contribution in [-0.2, 0) is 14.8 Å². The molecule has 166 valence electrons. The van der Waals surface area contributed by atoms with E-state index in [1.807, 2.05) is 13.8 Å². The number of nitrogens with one attached hydrogen (secondary N) is 1. The zero-order valence-electron chi connectivity index (χ0n) is 17.1. The summed E-state index contributed by atoms with van der Waals surface area (Å²) in [6.45, 7) is 3.34. The quantitative estimate of drug-likeness (QED) is 0.446. The number of halogens is 2. The Hall–Kier alpha value is -1.87. The summed E-state index contributed by atoms with van der Waals surface area (Å²) >= 11 is 12.2. The maximum Gasteiger partial charge on any atom is 0.340 e. The lowest BCUT2D eigenvalue weighted by atomic mass is 10.1. The molecule has 31 heavy (non-hydrogen) atoms. The molecule has 2 fully saturated rings. The van der Waals surface area contributed by atoms with Crippen molar-refractivity contribution in [2.75, 3.05) is 6.61 Å². The number of esters is 1. The Morgan fingerprint density at radius 3 is 2.35 bits per heavy atom. The molecule has 0 radical (unpaired) electrons. The molecule has 1 aromatic heterocycles.